The lowest BCUT2D eigenvalue weighted by Gasteiger charge is -2.19. The van der Waals surface area contributed by atoms with Gasteiger partial charge in [0.15, 0.2) is 0 Å². The number of amides is 1. The summed E-state index contributed by atoms with van der Waals surface area (Å²) in [5.41, 5.74) is 0.725. The molecule has 1 heterocycles. The van der Waals surface area contributed by atoms with Gasteiger partial charge in [-0.2, -0.15) is 0 Å². The van der Waals surface area contributed by atoms with E-state index in [9.17, 15) is 13.2 Å². The van der Waals surface area contributed by atoms with Crippen LogP contribution in [0.2, 0.25) is 0 Å². The normalized spacial score (nSPS) is 11.4. The molecule has 2 rings (SSSR count). The molecule has 0 aliphatic rings. The van der Waals surface area contributed by atoms with Gasteiger partial charge in [0.05, 0.1) is 19.0 Å². The molecule has 0 saturated carbocycles. The van der Waals surface area contributed by atoms with Gasteiger partial charge in [0.25, 0.3) is 5.91 Å². The summed E-state index contributed by atoms with van der Waals surface area (Å²) in [4.78, 5) is 19.0. The molecule has 1 aromatic heterocycles. The number of carbonyl (C=O) groups is 1. The lowest BCUT2D eigenvalue weighted by atomic mass is 10.2. The number of pyridine rings is 1. The molecule has 0 radical (unpaired) electrons. The third-order valence-corrected chi connectivity index (χ3v) is 6.11. The SMILES string of the molecule is CCN(CC)c1ccc(NC(=O)c2ccc(OC)c(S(=O)(=O)N(C)C)c2)cn1. The van der Waals surface area contributed by atoms with Crippen LogP contribution in [0.15, 0.2) is 41.4 Å². The maximum absolute atomic E-state index is 12.6. The standard InChI is InChI=1S/C19H26N4O4S/c1-6-23(7-2)18-11-9-15(13-20-18)21-19(24)14-8-10-16(27-5)17(12-14)28(25,26)22(3)4/h8-13H,6-7H2,1-5H3,(H,21,24). The lowest BCUT2D eigenvalue weighted by molar-refractivity contribution is 0.102. The van der Waals surface area contributed by atoms with Gasteiger partial charge in [-0.3, -0.25) is 4.79 Å². The number of benzene rings is 1. The number of nitrogens with zero attached hydrogens (tertiary/aromatic N) is 3. The molecular weight excluding hydrogens is 380 g/mol. The second-order valence-electron chi connectivity index (χ2n) is 6.18. The zero-order chi connectivity index (χ0) is 20.9. The van der Waals surface area contributed by atoms with Crippen LogP contribution < -0.4 is 15.0 Å². The van der Waals surface area contributed by atoms with Crippen LogP contribution in [0.3, 0.4) is 0 Å². The van der Waals surface area contributed by atoms with Gasteiger partial charge in [0.1, 0.15) is 16.5 Å². The van der Waals surface area contributed by atoms with Crippen LogP contribution in [-0.4, -0.2) is 57.9 Å². The number of anilines is 2. The van der Waals surface area contributed by atoms with Crippen LogP contribution in [0.4, 0.5) is 11.5 Å². The highest BCUT2D eigenvalue weighted by Gasteiger charge is 2.24. The van der Waals surface area contributed by atoms with Gasteiger partial charge in [-0.05, 0) is 44.2 Å². The van der Waals surface area contributed by atoms with Gasteiger partial charge < -0.3 is 15.0 Å². The zero-order valence-corrected chi connectivity index (χ0v) is 17.6. The third kappa shape index (κ3) is 4.60. The summed E-state index contributed by atoms with van der Waals surface area (Å²) in [5.74, 6) is 0.567. The van der Waals surface area contributed by atoms with Crippen LogP contribution in [0, 0.1) is 0 Å². The summed E-state index contributed by atoms with van der Waals surface area (Å²) in [7, 11) is 0.465. The first-order valence-electron chi connectivity index (χ1n) is 8.87. The Morgan fingerprint density at radius 1 is 1.14 bits per heavy atom. The van der Waals surface area contributed by atoms with E-state index in [1.807, 2.05) is 19.9 Å². The van der Waals surface area contributed by atoms with Crippen LogP contribution in [0.25, 0.3) is 0 Å². The average Bonchev–Trinajstić information content (AvgIpc) is 2.69. The van der Waals surface area contributed by atoms with Gasteiger partial charge in [0.2, 0.25) is 10.0 Å². The van der Waals surface area contributed by atoms with Crippen LogP contribution in [0.5, 0.6) is 5.75 Å². The molecule has 8 nitrogen and oxygen atoms in total. The van der Waals surface area contributed by atoms with E-state index in [1.54, 1.807) is 12.3 Å². The van der Waals surface area contributed by atoms with E-state index < -0.39 is 15.9 Å². The topological polar surface area (TPSA) is 91.8 Å². The first kappa shape index (κ1) is 21.6. The third-order valence-electron chi connectivity index (χ3n) is 4.28. The summed E-state index contributed by atoms with van der Waals surface area (Å²) in [5, 5.41) is 2.74. The molecular formula is C19H26N4O4S. The van der Waals surface area contributed by atoms with Crippen molar-refractivity contribution in [2.24, 2.45) is 0 Å². The molecule has 28 heavy (non-hydrogen) atoms. The number of nitrogens with one attached hydrogen (secondary N) is 1. The Labute approximate surface area is 166 Å². The number of hydrogen-bond acceptors (Lipinski definition) is 6. The van der Waals surface area contributed by atoms with Crippen molar-refractivity contribution >= 4 is 27.4 Å². The molecule has 152 valence electrons. The number of methoxy groups -OCH3 is 1. The minimum atomic E-state index is -3.76. The number of rotatable bonds is 8. The molecule has 0 aliphatic heterocycles. The summed E-state index contributed by atoms with van der Waals surface area (Å²) in [6, 6.07) is 7.88. The molecule has 1 amide bonds. The number of sulfonamides is 1. The molecule has 0 saturated heterocycles. The highest BCUT2D eigenvalue weighted by Crippen LogP contribution is 2.27. The predicted molar refractivity (Wildman–Crippen MR) is 110 cm³/mol. The monoisotopic (exact) mass is 406 g/mol. The van der Waals surface area contributed by atoms with E-state index in [2.05, 4.69) is 15.2 Å². The molecule has 0 aliphatic carbocycles. The molecule has 1 aromatic carbocycles. The second kappa shape index (κ2) is 9.03. The van der Waals surface area contributed by atoms with Crippen molar-refractivity contribution in [2.75, 3.05) is 44.5 Å². The molecule has 0 bridgehead atoms. The quantitative estimate of drug-likeness (QED) is 0.724. The summed E-state index contributed by atoms with van der Waals surface area (Å²) >= 11 is 0. The van der Waals surface area contributed by atoms with Crippen LogP contribution in [-0.2, 0) is 10.0 Å². The first-order valence-corrected chi connectivity index (χ1v) is 10.3. The van der Waals surface area contributed by atoms with E-state index in [-0.39, 0.29) is 16.2 Å². The van der Waals surface area contributed by atoms with Gasteiger partial charge in [0, 0.05) is 32.7 Å². The van der Waals surface area contributed by atoms with Gasteiger partial charge in [-0.15, -0.1) is 0 Å². The number of hydrogen-bond donors (Lipinski definition) is 1. The van der Waals surface area contributed by atoms with Gasteiger partial charge in [-0.1, -0.05) is 0 Å². The number of aromatic nitrogens is 1. The fraction of sp³-hybridized carbons (Fsp3) is 0.368. The summed E-state index contributed by atoms with van der Waals surface area (Å²) < 4.78 is 31.2. The van der Waals surface area contributed by atoms with Crippen LogP contribution in [0.1, 0.15) is 24.2 Å². The van der Waals surface area contributed by atoms with E-state index in [1.165, 1.54) is 39.4 Å². The van der Waals surface area contributed by atoms with Crippen molar-refractivity contribution in [1.82, 2.24) is 9.29 Å². The zero-order valence-electron chi connectivity index (χ0n) is 16.8. The van der Waals surface area contributed by atoms with E-state index in [4.69, 9.17) is 4.74 Å². The fourth-order valence-corrected chi connectivity index (χ4v) is 3.69. The molecule has 2 aromatic rings. The molecule has 0 fully saturated rings. The second-order valence-corrected chi connectivity index (χ2v) is 8.30. The Hall–Kier alpha value is -2.65. The van der Waals surface area contributed by atoms with Crippen molar-refractivity contribution in [3.8, 4) is 5.75 Å². The van der Waals surface area contributed by atoms with Crippen molar-refractivity contribution < 1.29 is 17.9 Å². The first-order chi connectivity index (χ1) is 13.2. The number of carbonyl (C=O) groups excluding carboxylic acids is 1. The minimum absolute atomic E-state index is 0.0670. The Morgan fingerprint density at radius 3 is 2.32 bits per heavy atom. The van der Waals surface area contributed by atoms with Crippen molar-refractivity contribution in [3.63, 3.8) is 0 Å². The largest absolute Gasteiger partial charge is 0.495 e. The summed E-state index contributed by atoms with van der Waals surface area (Å²) in [6.45, 7) is 5.77. The number of ether oxygens (including phenoxy) is 1. The Morgan fingerprint density at radius 2 is 1.82 bits per heavy atom. The molecule has 0 spiro atoms. The van der Waals surface area contributed by atoms with E-state index >= 15 is 0 Å². The Balaban J connectivity index is 2.27. The smallest absolute Gasteiger partial charge is 0.255 e. The van der Waals surface area contributed by atoms with Gasteiger partial charge >= 0.3 is 0 Å². The van der Waals surface area contributed by atoms with Gasteiger partial charge in [-0.25, -0.2) is 17.7 Å². The Bertz CT molecular complexity index is 923. The maximum atomic E-state index is 12.6. The predicted octanol–water partition coefficient (Wildman–Crippen LogP) is 2.44. The molecule has 1 N–H and O–H groups in total. The van der Waals surface area contributed by atoms with Crippen molar-refractivity contribution in [1.29, 1.82) is 0 Å². The van der Waals surface area contributed by atoms with Crippen molar-refractivity contribution in [3.05, 3.63) is 42.1 Å². The van der Waals surface area contributed by atoms with E-state index in [0.29, 0.717) is 5.69 Å². The van der Waals surface area contributed by atoms with E-state index in [0.717, 1.165) is 23.2 Å². The molecule has 0 unspecified atom stereocenters. The maximum Gasteiger partial charge on any atom is 0.255 e. The Kier molecular flexibility index (Phi) is 6.98. The molecule has 9 heteroatoms. The highest BCUT2D eigenvalue weighted by atomic mass is 32.2. The lowest BCUT2D eigenvalue weighted by Crippen LogP contribution is -2.23. The highest BCUT2D eigenvalue weighted by molar-refractivity contribution is 7.89. The summed E-state index contributed by atoms with van der Waals surface area (Å²) in [6.07, 6.45) is 1.58. The minimum Gasteiger partial charge on any atom is -0.495 e. The fourth-order valence-electron chi connectivity index (χ4n) is 2.61. The van der Waals surface area contributed by atoms with Crippen LogP contribution >= 0.6 is 0 Å². The molecule has 0 atom stereocenters. The van der Waals surface area contributed by atoms with Crippen molar-refractivity contribution in [2.45, 2.75) is 18.7 Å². The average molecular weight is 407 g/mol.